The van der Waals surface area contributed by atoms with E-state index in [1.165, 1.54) is 0 Å². The average Bonchev–Trinajstić information content (AvgIpc) is 3.23. The van der Waals surface area contributed by atoms with E-state index in [4.69, 9.17) is 4.52 Å². The lowest BCUT2D eigenvalue weighted by molar-refractivity contribution is 0.0578. The molecule has 2 heterocycles. The van der Waals surface area contributed by atoms with E-state index in [9.17, 15) is 4.79 Å². The van der Waals surface area contributed by atoms with Gasteiger partial charge in [0.1, 0.15) is 6.04 Å². The summed E-state index contributed by atoms with van der Waals surface area (Å²) in [5.74, 6) is 2.18. The zero-order valence-corrected chi connectivity index (χ0v) is 13.5. The zero-order valence-electron chi connectivity index (χ0n) is 13.5. The second-order valence-corrected chi connectivity index (χ2v) is 6.69. The smallest absolute Gasteiger partial charge is 0.255 e. The first kappa shape index (κ1) is 14.4. The monoisotopic (exact) mass is 311 g/mol. The number of carbonyl (C=O) groups excluding carboxylic acids is 1. The van der Waals surface area contributed by atoms with E-state index in [0.717, 1.165) is 36.2 Å². The summed E-state index contributed by atoms with van der Waals surface area (Å²) in [6, 6.07) is 7.65. The summed E-state index contributed by atoms with van der Waals surface area (Å²) in [5, 5.41) is 4.14. The third-order valence-corrected chi connectivity index (χ3v) is 5.02. The van der Waals surface area contributed by atoms with Crippen LogP contribution in [0.3, 0.4) is 0 Å². The van der Waals surface area contributed by atoms with Crippen LogP contribution in [0.25, 0.3) is 0 Å². The van der Waals surface area contributed by atoms with Crippen molar-refractivity contribution in [2.45, 2.75) is 51.6 Å². The van der Waals surface area contributed by atoms with Gasteiger partial charge >= 0.3 is 0 Å². The fraction of sp³-hybridized carbons (Fsp3) is 0.500. The first-order chi connectivity index (χ1) is 11.2. The molecule has 0 spiro atoms. The van der Waals surface area contributed by atoms with Gasteiger partial charge in [-0.15, -0.1) is 0 Å². The van der Waals surface area contributed by atoms with Gasteiger partial charge in [-0.25, -0.2) is 0 Å². The molecule has 2 aromatic rings. The Labute approximate surface area is 135 Å². The van der Waals surface area contributed by atoms with Gasteiger partial charge in [0.2, 0.25) is 5.89 Å². The van der Waals surface area contributed by atoms with Crippen molar-refractivity contribution in [1.29, 1.82) is 0 Å². The Kier molecular flexibility index (Phi) is 3.43. The topological polar surface area (TPSA) is 59.2 Å². The maximum atomic E-state index is 12.8. The Balaban J connectivity index is 1.67. The van der Waals surface area contributed by atoms with Gasteiger partial charge in [-0.3, -0.25) is 4.79 Å². The Bertz CT molecular complexity index is 735. The van der Waals surface area contributed by atoms with Crippen LogP contribution in [0.2, 0.25) is 0 Å². The molecule has 1 aromatic heterocycles. The summed E-state index contributed by atoms with van der Waals surface area (Å²) in [6.45, 7) is 4.89. The van der Waals surface area contributed by atoms with Crippen molar-refractivity contribution >= 4 is 5.91 Å². The van der Waals surface area contributed by atoms with E-state index >= 15 is 0 Å². The van der Waals surface area contributed by atoms with Crippen LogP contribution >= 0.6 is 0 Å². The normalized spacial score (nSPS) is 19.7. The second kappa shape index (κ2) is 5.48. The van der Waals surface area contributed by atoms with E-state index in [1.807, 2.05) is 29.2 Å². The minimum absolute atomic E-state index is 0.0667. The highest BCUT2D eigenvalue weighted by atomic mass is 16.5. The van der Waals surface area contributed by atoms with Crippen LogP contribution in [0.4, 0.5) is 0 Å². The van der Waals surface area contributed by atoms with E-state index in [-0.39, 0.29) is 17.9 Å². The van der Waals surface area contributed by atoms with Gasteiger partial charge in [-0.1, -0.05) is 43.6 Å². The number of nitrogens with zero attached hydrogens (tertiary/aromatic N) is 3. The molecule has 5 heteroatoms. The highest BCUT2D eigenvalue weighted by molar-refractivity contribution is 5.98. The maximum Gasteiger partial charge on any atom is 0.255 e. The van der Waals surface area contributed by atoms with Crippen LogP contribution in [0, 0.1) is 5.92 Å². The molecule has 0 saturated heterocycles. The lowest BCUT2D eigenvalue weighted by Gasteiger charge is -2.29. The Hall–Kier alpha value is -2.17. The average molecular weight is 311 g/mol. The number of hydrogen-bond acceptors (Lipinski definition) is 4. The van der Waals surface area contributed by atoms with Gasteiger partial charge in [0.05, 0.1) is 0 Å². The van der Waals surface area contributed by atoms with Gasteiger partial charge in [0.15, 0.2) is 5.82 Å². The van der Waals surface area contributed by atoms with Crippen LogP contribution in [-0.2, 0) is 6.54 Å². The summed E-state index contributed by atoms with van der Waals surface area (Å²) < 4.78 is 5.56. The Morgan fingerprint density at radius 1 is 1.35 bits per heavy atom. The number of rotatable bonds is 5. The third-order valence-electron chi connectivity index (χ3n) is 5.02. The van der Waals surface area contributed by atoms with Crippen molar-refractivity contribution in [2.24, 2.45) is 5.92 Å². The molecule has 0 unspecified atom stereocenters. The van der Waals surface area contributed by atoms with Crippen LogP contribution < -0.4 is 0 Å². The molecule has 2 atom stereocenters. The molecule has 1 aliphatic carbocycles. The summed E-state index contributed by atoms with van der Waals surface area (Å²) in [7, 11) is 0. The summed E-state index contributed by atoms with van der Waals surface area (Å²) in [4.78, 5) is 19.3. The molecule has 4 rings (SSSR count). The molecule has 5 nitrogen and oxygen atoms in total. The molecular weight excluding hydrogens is 290 g/mol. The van der Waals surface area contributed by atoms with Gasteiger partial charge in [-0.2, -0.15) is 4.98 Å². The van der Waals surface area contributed by atoms with Crippen molar-refractivity contribution in [2.75, 3.05) is 0 Å². The van der Waals surface area contributed by atoms with Crippen LogP contribution in [0.5, 0.6) is 0 Å². The van der Waals surface area contributed by atoms with Gasteiger partial charge in [0.25, 0.3) is 5.91 Å². The van der Waals surface area contributed by atoms with E-state index in [2.05, 4.69) is 24.0 Å². The molecular formula is C18H21N3O2. The SMILES string of the molecule is CC[C@H](C)[C@@H](c1nc(C2CC2)no1)N1Cc2ccccc2C1=O. The largest absolute Gasteiger partial charge is 0.337 e. The van der Waals surface area contributed by atoms with Gasteiger partial charge in [-0.05, 0) is 30.4 Å². The first-order valence-electron chi connectivity index (χ1n) is 8.41. The van der Waals surface area contributed by atoms with E-state index in [1.54, 1.807) is 0 Å². The van der Waals surface area contributed by atoms with Crippen molar-refractivity contribution in [3.05, 3.63) is 47.1 Å². The molecule has 1 amide bonds. The summed E-state index contributed by atoms with van der Waals surface area (Å²) in [5.41, 5.74) is 1.87. The fourth-order valence-electron chi connectivity index (χ4n) is 3.28. The van der Waals surface area contributed by atoms with Crippen molar-refractivity contribution in [3.8, 4) is 0 Å². The highest BCUT2D eigenvalue weighted by Gasteiger charge is 2.39. The molecule has 0 radical (unpaired) electrons. The minimum Gasteiger partial charge on any atom is -0.337 e. The van der Waals surface area contributed by atoms with E-state index < -0.39 is 0 Å². The molecule has 1 saturated carbocycles. The Morgan fingerprint density at radius 2 is 2.13 bits per heavy atom. The second-order valence-electron chi connectivity index (χ2n) is 6.69. The summed E-state index contributed by atoms with van der Waals surface area (Å²) in [6.07, 6.45) is 3.23. The third kappa shape index (κ3) is 2.44. The standard InChI is InChI=1S/C18H21N3O2/c1-3-11(2)15(17-19-16(20-23-17)12-8-9-12)21-10-13-6-4-5-7-14(13)18(21)22/h4-7,11-12,15H,3,8-10H2,1-2H3/t11-,15-/m0/s1. The lowest BCUT2D eigenvalue weighted by Crippen LogP contribution is -2.33. The number of amides is 1. The lowest BCUT2D eigenvalue weighted by atomic mass is 9.97. The van der Waals surface area contributed by atoms with Gasteiger partial charge in [0, 0.05) is 18.0 Å². The molecule has 1 aromatic carbocycles. The van der Waals surface area contributed by atoms with Crippen molar-refractivity contribution < 1.29 is 9.32 Å². The number of hydrogen-bond donors (Lipinski definition) is 0. The number of fused-ring (bicyclic) bond motifs is 1. The molecule has 2 aliphatic rings. The molecule has 120 valence electrons. The number of benzene rings is 1. The first-order valence-corrected chi connectivity index (χ1v) is 8.41. The predicted octanol–water partition coefficient (Wildman–Crippen LogP) is 3.69. The quantitative estimate of drug-likeness (QED) is 0.845. The highest BCUT2D eigenvalue weighted by Crippen LogP contribution is 2.41. The zero-order chi connectivity index (χ0) is 16.0. The van der Waals surface area contributed by atoms with Crippen molar-refractivity contribution in [1.82, 2.24) is 15.0 Å². The maximum absolute atomic E-state index is 12.8. The van der Waals surface area contributed by atoms with E-state index in [0.29, 0.717) is 18.4 Å². The van der Waals surface area contributed by atoms with Crippen LogP contribution in [0.15, 0.2) is 28.8 Å². The molecule has 23 heavy (non-hydrogen) atoms. The molecule has 1 fully saturated rings. The summed E-state index contributed by atoms with van der Waals surface area (Å²) >= 11 is 0. The molecule has 1 aliphatic heterocycles. The van der Waals surface area contributed by atoms with Crippen LogP contribution in [-0.4, -0.2) is 20.9 Å². The molecule has 0 N–H and O–H groups in total. The minimum atomic E-state index is -0.153. The van der Waals surface area contributed by atoms with Crippen LogP contribution in [0.1, 0.15) is 72.7 Å². The molecule has 0 bridgehead atoms. The predicted molar refractivity (Wildman–Crippen MR) is 84.8 cm³/mol. The number of carbonyl (C=O) groups is 1. The fourth-order valence-corrected chi connectivity index (χ4v) is 3.28. The number of aromatic nitrogens is 2. The van der Waals surface area contributed by atoms with Crippen molar-refractivity contribution in [3.63, 3.8) is 0 Å². The van der Waals surface area contributed by atoms with Gasteiger partial charge < -0.3 is 9.42 Å². The Morgan fingerprint density at radius 3 is 2.83 bits per heavy atom.